The Bertz CT molecular complexity index is 1210. The Balaban J connectivity index is 1.61. The molecule has 5 nitrogen and oxygen atoms in total. The van der Waals surface area contributed by atoms with Gasteiger partial charge >= 0.3 is 0 Å². The molecule has 0 N–H and O–H groups in total. The fourth-order valence-corrected chi connectivity index (χ4v) is 5.56. The van der Waals surface area contributed by atoms with Gasteiger partial charge in [0.05, 0.1) is 19.0 Å². The average Bonchev–Trinajstić information content (AvgIpc) is 3.14. The molecule has 34 heavy (non-hydrogen) atoms. The number of anilines is 2. The molecule has 5 rings (SSSR count). The molecular formula is C29H36N4O. The van der Waals surface area contributed by atoms with Crippen molar-refractivity contribution in [3.05, 3.63) is 86.8 Å². The molecule has 0 spiro atoms. The van der Waals surface area contributed by atoms with Gasteiger partial charge in [0.2, 0.25) is 5.95 Å². The van der Waals surface area contributed by atoms with Gasteiger partial charge in [-0.1, -0.05) is 68.1 Å². The predicted octanol–water partition coefficient (Wildman–Crippen LogP) is 5.85. The van der Waals surface area contributed by atoms with Crippen LogP contribution in [0.4, 0.5) is 11.6 Å². The van der Waals surface area contributed by atoms with Crippen LogP contribution < -0.4 is 10.5 Å². The number of fused-ring (bicyclic) bond motifs is 1. The molecule has 1 aromatic heterocycles. The van der Waals surface area contributed by atoms with Crippen molar-refractivity contribution in [2.75, 3.05) is 11.6 Å². The van der Waals surface area contributed by atoms with Crippen molar-refractivity contribution >= 4 is 11.6 Å². The molecule has 1 aliphatic heterocycles. The first-order valence-electron chi connectivity index (χ1n) is 12.7. The molecule has 0 unspecified atom stereocenters. The van der Waals surface area contributed by atoms with Crippen LogP contribution in [0.15, 0.2) is 53.3 Å². The van der Waals surface area contributed by atoms with Gasteiger partial charge in [-0.3, -0.25) is 19.2 Å². The molecule has 0 atom stereocenters. The fraction of sp³-hybridized carbons (Fsp3) is 0.448. The number of hydrogen-bond acceptors (Lipinski definition) is 4. The van der Waals surface area contributed by atoms with Crippen LogP contribution in [0.1, 0.15) is 66.5 Å². The molecule has 3 aromatic rings. The third kappa shape index (κ3) is 4.41. The molecule has 178 valence electrons. The predicted molar refractivity (Wildman–Crippen MR) is 139 cm³/mol. The Kier molecular flexibility index (Phi) is 6.55. The minimum atomic E-state index is 0.0972. The Hall–Kier alpha value is -2.92. The smallest absolute Gasteiger partial charge is 0.259 e. The Morgan fingerprint density at radius 2 is 1.62 bits per heavy atom. The van der Waals surface area contributed by atoms with E-state index in [-0.39, 0.29) is 5.56 Å². The fourth-order valence-electron chi connectivity index (χ4n) is 5.56. The molecule has 0 saturated heterocycles. The first-order valence-corrected chi connectivity index (χ1v) is 12.7. The molecular weight excluding hydrogens is 420 g/mol. The first kappa shape index (κ1) is 22.9. The highest BCUT2D eigenvalue weighted by molar-refractivity contribution is 5.64. The van der Waals surface area contributed by atoms with Crippen LogP contribution in [0.3, 0.4) is 0 Å². The third-order valence-electron chi connectivity index (χ3n) is 7.77. The summed E-state index contributed by atoms with van der Waals surface area (Å²) in [5.74, 6) is 0.776. The molecule has 5 heteroatoms. The quantitative estimate of drug-likeness (QED) is 0.462. The van der Waals surface area contributed by atoms with Crippen molar-refractivity contribution in [3.8, 4) is 0 Å². The lowest BCUT2D eigenvalue weighted by Crippen LogP contribution is -2.51. The Morgan fingerprint density at radius 1 is 0.882 bits per heavy atom. The number of nitrogens with zero attached hydrogens (tertiary/aromatic N) is 4. The van der Waals surface area contributed by atoms with Crippen LogP contribution in [-0.2, 0) is 13.1 Å². The normalized spacial score (nSPS) is 17.4. The van der Waals surface area contributed by atoms with Gasteiger partial charge in [-0.05, 0) is 56.4 Å². The molecule has 0 radical (unpaired) electrons. The van der Waals surface area contributed by atoms with Crippen molar-refractivity contribution in [3.63, 3.8) is 0 Å². The highest BCUT2D eigenvalue weighted by Gasteiger charge is 2.32. The van der Waals surface area contributed by atoms with Crippen LogP contribution in [0.2, 0.25) is 0 Å². The molecule has 2 heterocycles. The van der Waals surface area contributed by atoms with Gasteiger partial charge in [0.1, 0.15) is 0 Å². The standard InChI is InChI=1S/C29H36N4O/c1-21-12-11-17-27(22(21)2)32-19-31(25-15-9-4-5-10-16-25)20-33-28(34)26(23(3)30-29(32)33)18-24-13-7-6-8-14-24/h6-8,11-14,17,25H,4-5,9-10,15-16,18-20H2,1-3H3. The highest BCUT2D eigenvalue weighted by Crippen LogP contribution is 2.34. The van der Waals surface area contributed by atoms with Crippen molar-refractivity contribution in [1.82, 2.24) is 14.5 Å². The van der Waals surface area contributed by atoms with Crippen LogP contribution in [-0.4, -0.2) is 27.2 Å². The second-order valence-corrected chi connectivity index (χ2v) is 10.0. The average molecular weight is 457 g/mol. The molecule has 0 amide bonds. The molecule has 2 aliphatic rings. The monoisotopic (exact) mass is 456 g/mol. The molecule has 1 aliphatic carbocycles. The van der Waals surface area contributed by atoms with E-state index in [1.165, 1.54) is 49.7 Å². The zero-order chi connectivity index (χ0) is 23.7. The van der Waals surface area contributed by atoms with Crippen LogP contribution in [0.5, 0.6) is 0 Å². The minimum Gasteiger partial charge on any atom is -0.298 e. The van der Waals surface area contributed by atoms with E-state index in [2.05, 4.69) is 54.0 Å². The van der Waals surface area contributed by atoms with E-state index in [1.54, 1.807) is 0 Å². The largest absolute Gasteiger partial charge is 0.298 e. The number of aromatic nitrogens is 2. The van der Waals surface area contributed by atoms with Gasteiger partial charge in [-0.25, -0.2) is 4.98 Å². The van der Waals surface area contributed by atoms with Crippen LogP contribution in [0, 0.1) is 20.8 Å². The lowest BCUT2D eigenvalue weighted by Gasteiger charge is -2.42. The molecule has 1 saturated carbocycles. The second kappa shape index (κ2) is 9.75. The summed E-state index contributed by atoms with van der Waals surface area (Å²) in [5.41, 5.74) is 6.53. The summed E-state index contributed by atoms with van der Waals surface area (Å²) in [7, 11) is 0. The number of benzene rings is 2. The maximum absolute atomic E-state index is 13.9. The SMILES string of the molecule is Cc1cccc(N2CN(C3CCCCCC3)Cn3c2nc(C)c(Cc2ccccc2)c3=O)c1C. The summed E-state index contributed by atoms with van der Waals surface area (Å²) in [4.78, 5) is 23.8. The van der Waals surface area contributed by atoms with Crippen molar-refractivity contribution in [2.45, 2.75) is 78.4 Å². The van der Waals surface area contributed by atoms with Gasteiger partial charge in [-0.2, -0.15) is 0 Å². The topological polar surface area (TPSA) is 41.4 Å². The number of aryl methyl sites for hydroxylation is 2. The zero-order valence-corrected chi connectivity index (χ0v) is 20.8. The van der Waals surface area contributed by atoms with Crippen molar-refractivity contribution < 1.29 is 0 Å². The Morgan fingerprint density at radius 3 is 2.35 bits per heavy atom. The summed E-state index contributed by atoms with van der Waals surface area (Å²) in [6, 6.07) is 17.2. The molecule has 0 bridgehead atoms. The zero-order valence-electron chi connectivity index (χ0n) is 20.8. The molecule has 2 aromatic carbocycles. The second-order valence-electron chi connectivity index (χ2n) is 10.0. The van der Waals surface area contributed by atoms with Gasteiger partial charge in [0.15, 0.2) is 0 Å². The molecule has 1 fully saturated rings. The first-order chi connectivity index (χ1) is 16.5. The van der Waals surface area contributed by atoms with Crippen LogP contribution >= 0.6 is 0 Å². The summed E-state index contributed by atoms with van der Waals surface area (Å²) in [6.45, 7) is 7.71. The highest BCUT2D eigenvalue weighted by atomic mass is 16.1. The number of rotatable bonds is 4. The summed E-state index contributed by atoms with van der Waals surface area (Å²) in [6.07, 6.45) is 8.23. The van der Waals surface area contributed by atoms with Gasteiger partial charge in [-0.15, -0.1) is 0 Å². The maximum atomic E-state index is 13.9. The van der Waals surface area contributed by atoms with Gasteiger partial charge in [0, 0.05) is 23.7 Å². The van der Waals surface area contributed by atoms with E-state index in [0.29, 0.717) is 19.1 Å². The van der Waals surface area contributed by atoms with E-state index in [9.17, 15) is 4.79 Å². The van der Waals surface area contributed by atoms with Gasteiger partial charge in [0.25, 0.3) is 5.56 Å². The van der Waals surface area contributed by atoms with E-state index in [1.807, 2.05) is 29.7 Å². The van der Waals surface area contributed by atoms with Crippen LogP contribution in [0.25, 0.3) is 0 Å². The third-order valence-corrected chi connectivity index (χ3v) is 7.77. The van der Waals surface area contributed by atoms with E-state index < -0.39 is 0 Å². The summed E-state index contributed by atoms with van der Waals surface area (Å²) < 4.78 is 1.93. The lowest BCUT2D eigenvalue weighted by atomic mass is 10.0. The van der Waals surface area contributed by atoms with E-state index >= 15 is 0 Å². The summed E-state index contributed by atoms with van der Waals surface area (Å²) in [5, 5.41) is 0. The van der Waals surface area contributed by atoms with Gasteiger partial charge < -0.3 is 0 Å². The van der Waals surface area contributed by atoms with Crippen molar-refractivity contribution in [2.24, 2.45) is 0 Å². The maximum Gasteiger partial charge on any atom is 0.259 e. The Labute approximate surface area is 203 Å². The minimum absolute atomic E-state index is 0.0972. The van der Waals surface area contributed by atoms with Crippen molar-refractivity contribution in [1.29, 1.82) is 0 Å². The number of hydrogen-bond donors (Lipinski definition) is 0. The lowest BCUT2D eigenvalue weighted by molar-refractivity contribution is 0.123. The van der Waals surface area contributed by atoms with E-state index in [4.69, 9.17) is 4.98 Å². The summed E-state index contributed by atoms with van der Waals surface area (Å²) >= 11 is 0. The van der Waals surface area contributed by atoms with E-state index in [0.717, 1.165) is 35.1 Å².